The number of rotatable bonds is 7. The van der Waals surface area contributed by atoms with Crippen molar-refractivity contribution in [1.29, 1.82) is 0 Å². The highest BCUT2D eigenvalue weighted by molar-refractivity contribution is 7.90. The van der Waals surface area contributed by atoms with Gasteiger partial charge in [0.25, 0.3) is 11.8 Å². The molecule has 0 spiro atoms. The van der Waals surface area contributed by atoms with Crippen LogP contribution in [0.3, 0.4) is 0 Å². The molecule has 130 valence electrons. The highest BCUT2D eigenvalue weighted by atomic mass is 35.5. The second-order valence-electron chi connectivity index (χ2n) is 5.00. The first-order chi connectivity index (χ1) is 11.3. The molecule has 1 atom stereocenters. The molecule has 0 saturated carbocycles. The van der Waals surface area contributed by atoms with Gasteiger partial charge in [-0.05, 0) is 31.5 Å². The molecule has 0 bridgehead atoms. The number of halogens is 1. The van der Waals surface area contributed by atoms with Crippen molar-refractivity contribution in [2.75, 3.05) is 6.61 Å². The Morgan fingerprint density at radius 1 is 1.46 bits per heavy atom. The summed E-state index contributed by atoms with van der Waals surface area (Å²) in [6, 6.07) is 6.43. The molecule has 1 aromatic heterocycles. The number of carbonyl (C=O) groups excluding carboxylic acids is 1. The number of hydrogen-bond acceptors (Lipinski definition) is 7. The fourth-order valence-corrected chi connectivity index (χ4v) is 3.10. The lowest BCUT2D eigenvalue weighted by molar-refractivity contribution is -0.124. The maximum atomic E-state index is 12.2. The lowest BCUT2D eigenvalue weighted by Crippen LogP contribution is -2.36. The third-order valence-electron chi connectivity index (χ3n) is 3.07. The fraction of sp³-hybridized carbons (Fsp3) is 0.357. The zero-order valence-electron chi connectivity index (χ0n) is 13.0. The lowest BCUT2D eigenvalue weighted by atomic mass is 10.2. The van der Waals surface area contributed by atoms with Crippen LogP contribution in [0.25, 0.3) is 0 Å². The van der Waals surface area contributed by atoms with Crippen LogP contribution in [0.5, 0.6) is 0 Å². The Labute approximate surface area is 144 Å². The molecule has 2 aromatic rings. The Morgan fingerprint density at radius 2 is 2.21 bits per heavy atom. The molecular formula is C14H16ClN3O5S. The molecule has 24 heavy (non-hydrogen) atoms. The summed E-state index contributed by atoms with van der Waals surface area (Å²) in [5.74, 6) is -0.147. The Hall–Kier alpha value is -1.97. The van der Waals surface area contributed by atoms with Gasteiger partial charge in [-0.2, -0.15) is 4.98 Å². The molecule has 0 aliphatic rings. The third-order valence-corrected chi connectivity index (χ3v) is 5.02. The van der Waals surface area contributed by atoms with Crippen molar-refractivity contribution in [1.82, 2.24) is 14.9 Å². The molecule has 0 saturated heterocycles. The van der Waals surface area contributed by atoms with Crippen molar-refractivity contribution >= 4 is 27.5 Å². The van der Waals surface area contributed by atoms with Crippen molar-refractivity contribution in [3.05, 3.63) is 46.6 Å². The summed E-state index contributed by atoms with van der Waals surface area (Å²) in [5, 5.41) is 3.03. The van der Waals surface area contributed by atoms with E-state index in [0.29, 0.717) is 16.4 Å². The van der Waals surface area contributed by atoms with Crippen LogP contribution in [-0.2, 0) is 26.2 Å². The monoisotopic (exact) mass is 373 g/mol. The van der Waals surface area contributed by atoms with Crippen molar-refractivity contribution < 1.29 is 22.5 Å². The summed E-state index contributed by atoms with van der Waals surface area (Å²) in [6.45, 7) is 2.56. The number of sulfonamides is 1. The number of hydrogen-bond donors (Lipinski definition) is 1. The summed E-state index contributed by atoms with van der Waals surface area (Å²) < 4.78 is 36.3. The molecule has 1 amide bonds. The van der Waals surface area contributed by atoms with Crippen LogP contribution in [0.1, 0.15) is 29.5 Å². The summed E-state index contributed by atoms with van der Waals surface area (Å²) in [4.78, 5) is 15.6. The second-order valence-corrected chi connectivity index (χ2v) is 7.43. The van der Waals surface area contributed by atoms with Gasteiger partial charge in [-0.3, -0.25) is 9.52 Å². The van der Waals surface area contributed by atoms with Crippen molar-refractivity contribution in [3.63, 3.8) is 0 Å². The first-order valence-corrected chi connectivity index (χ1v) is 8.87. The molecule has 1 N–H and O–H groups in total. The van der Waals surface area contributed by atoms with E-state index >= 15 is 0 Å². The zero-order valence-corrected chi connectivity index (χ0v) is 14.6. The largest absolute Gasteiger partial charge is 0.362 e. The van der Waals surface area contributed by atoms with E-state index in [-0.39, 0.29) is 12.5 Å². The van der Waals surface area contributed by atoms with E-state index in [9.17, 15) is 13.2 Å². The minimum atomic E-state index is -3.91. The topological polar surface area (TPSA) is 111 Å². The van der Waals surface area contributed by atoms with Crippen LogP contribution in [0.2, 0.25) is 5.02 Å². The van der Waals surface area contributed by atoms with Gasteiger partial charge in [-0.1, -0.05) is 28.9 Å². The van der Waals surface area contributed by atoms with Gasteiger partial charge >= 0.3 is 0 Å². The predicted octanol–water partition coefficient (Wildman–Crippen LogP) is 1.76. The van der Waals surface area contributed by atoms with E-state index in [4.69, 9.17) is 20.9 Å². The second kappa shape index (κ2) is 7.73. The van der Waals surface area contributed by atoms with Crippen molar-refractivity contribution in [2.45, 2.75) is 25.7 Å². The first-order valence-electron chi connectivity index (χ1n) is 6.95. The van der Waals surface area contributed by atoms with E-state index in [2.05, 4.69) is 10.1 Å². The standard InChI is InChI=1S/C14H16ClN3O5S/c1-9(11-4-3-5-12(15)6-11)24(20,21)18-13(19)7-22-8-14-16-10(2)17-23-14/h3-6,9H,7-8H2,1-2H3,(H,18,19). The van der Waals surface area contributed by atoms with Crippen LogP contribution in [0, 0.1) is 6.92 Å². The highest BCUT2D eigenvalue weighted by Crippen LogP contribution is 2.23. The molecule has 0 fully saturated rings. The first kappa shape index (κ1) is 18.4. The quantitative estimate of drug-likeness (QED) is 0.786. The average Bonchev–Trinajstić information content (AvgIpc) is 2.91. The summed E-state index contributed by atoms with van der Waals surface area (Å²) in [7, 11) is -3.91. The van der Waals surface area contributed by atoms with E-state index in [1.807, 2.05) is 4.72 Å². The number of ether oxygens (including phenoxy) is 1. The highest BCUT2D eigenvalue weighted by Gasteiger charge is 2.25. The van der Waals surface area contributed by atoms with Gasteiger partial charge in [-0.25, -0.2) is 8.42 Å². The van der Waals surface area contributed by atoms with Crippen molar-refractivity contribution in [3.8, 4) is 0 Å². The van der Waals surface area contributed by atoms with Gasteiger partial charge in [0.2, 0.25) is 10.0 Å². The van der Waals surface area contributed by atoms with E-state index < -0.39 is 27.8 Å². The van der Waals surface area contributed by atoms with Crippen molar-refractivity contribution in [2.24, 2.45) is 0 Å². The molecule has 0 aliphatic carbocycles. The van der Waals surface area contributed by atoms with Gasteiger partial charge in [0.05, 0.1) is 0 Å². The summed E-state index contributed by atoms with van der Waals surface area (Å²) in [6.07, 6.45) is 0. The molecule has 1 aromatic carbocycles. The number of aryl methyl sites for hydroxylation is 1. The molecule has 2 rings (SSSR count). The Balaban J connectivity index is 1.89. The van der Waals surface area contributed by atoms with Crippen LogP contribution in [-0.4, -0.2) is 31.1 Å². The predicted molar refractivity (Wildman–Crippen MR) is 85.6 cm³/mol. The molecule has 10 heteroatoms. The Bertz CT molecular complexity index is 821. The number of amides is 1. The number of benzene rings is 1. The Kier molecular flexibility index (Phi) is 5.92. The smallest absolute Gasteiger partial charge is 0.259 e. The van der Waals surface area contributed by atoms with E-state index in [0.717, 1.165) is 0 Å². The summed E-state index contributed by atoms with van der Waals surface area (Å²) >= 11 is 5.85. The molecule has 0 aliphatic heterocycles. The molecule has 1 unspecified atom stereocenters. The molecular weight excluding hydrogens is 358 g/mol. The SMILES string of the molecule is Cc1noc(COCC(=O)NS(=O)(=O)C(C)c2cccc(Cl)c2)n1. The van der Waals surface area contributed by atoms with E-state index in [1.165, 1.54) is 13.0 Å². The maximum Gasteiger partial charge on any atom is 0.259 e. The molecule has 8 nitrogen and oxygen atoms in total. The van der Waals surface area contributed by atoms with Crippen LogP contribution < -0.4 is 4.72 Å². The molecule has 1 heterocycles. The van der Waals surface area contributed by atoms with Gasteiger partial charge in [-0.15, -0.1) is 0 Å². The van der Waals surface area contributed by atoms with Crippen LogP contribution in [0.4, 0.5) is 0 Å². The number of nitrogens with one attached hydrogen (secondary N) is 1. The zero-order chi connectivity index (χ0) is 17.7. The van der Waals surface area contributed by atoms with E-state index in [1.54, 1.807) is 25.1 Å². The lowest BCUT2D eigenvalue weighted by Gasteiger charge is -2.14. The van der Waals surface area contributed by atoms with Gasteiger partial charge in [0, 0.05) is 5.02 Å². The van der Waals surface area contributed by atoms with Gasteiger partial charge in [0.15, 0.2) is 5.82 Å². The van der Waals surface area contributed by atoms with Crippen LogP contribution in [0.15, 0.2) is 28.8 Å². The maximum absolute atomic E-state index is 12.2. The normalized spacial score (nSPS) is 12.8. The number of nitrogens with zero attached hydrogens (tertiary/aromatic N) is 2. The van der Waals surface area contributed by atoms with Crippen LogP contribution >= 0.6 is 11.6 Å². The number of aromatic nitrogens is 2. The fourth-order valence-electron chi connectivity index (χ4n) is 1.84. The molecule has 0 radical (unpaired) electrons. The number of carbonyl (C=O) groups is 1. The Morgan fingerprint density at radius 3 is 2.83 bits per heavy atom. The van der Waals surface area contributed by atoms with Gasteiger partial charge < -0.3 is 9.26 Å². The minimum Gasteiger partial charge on any atom is -0.362 e. The van der Waals surface area contributed by atoms with Gasteiger partial charge in [0.1, 0.15) is 18.5 Å². The summed E-state index contributed by atoms with van der Waals surface area (Å²) in [5.41, 5.74) is 0.477. The minimum absolute atomic E-state index is 0.0852. The third kappa shape index (κ3) is 5.02. The average molecular weight is 374 g/mol.